The van der Waals surface area contributed by atoms with Crippen LogP contribution in [0.15, 0.2) is 18.6 Å². The molecule has 31 heavy (non-hydrogen) atoms. The number of allylic oxidation sites excluding steroid dienone is 1. The number of nitrogens with two attached hydrogens (primary N) is 1. The number of nitriles is 1. The Hall–Kier alpha value is -2.77. The normalized spacial score (nSPS) is 16.5. The third-order valence-corrected chi connectivity index (χ3v) is 7.78. The summed E-state index contributed by atoms with van der Waals surface area (Å²) in [7, 11) is -3.40. The Balaban J connectivity index is 2.00. The minimum absolute atomic E-state index is 0.129. The standard InChI is InChI=1S/C21H29N7O2S/c1-5-6-7-8-17-16(4)24-14-25-19(17)18-11-28(26-20(18)23)21(9-10-22)12-27(13-21)31(29,30)15(2)3/h7-8,11,14-15H,5-6,9,12-13H2,1-4H3,(H2,23,26)/b8-7-. The van der Waals surface area contributed by atoms with Crippen molar-refractivity contribution in [1.29, 1.82) is 5.26 Å². The summed E-state index contributed by atoms with van der Waals surface area (Å²) in [6.07, 6.45) is 9.43. The minimum atomic E-state index is -3.40. The lowest BCUT2D eigenvalue weighted by atomic mass is 9.89. The number of aromatic nitrogens is 4. The molecule has 1 aliphatic rings. The molecule has 166 valence electrons. The smallest absolute Gasteiger partial charge is 0.216 e. The Morgan fingerprint density at radius 2 is 2.06 bits per heavy atom. The molecule has 10 heteroatoms. The molecular weight excluding hydrogens is 414 g/mol. The van der Waals surface area contributed by atoms with Gasteiger partial charge < -0.3 is 5.73 Å². The van der Waals surface area contributed by atoms with E-state index >= 15 is 0 Å². The molecule has 0 aromatic carbocycles. The minimum Gasteiger partial charge on any atom is -0.382 e. The van der Waals surface area contributed by atoms with E-state index in [1.165, 1.54) is 10.6 Å². The fourth-order valence-electron chi connectivity index (χ4n) is 3.65. The zero-order chi connectivity index (χ0) is 22.8. The van der Waals surface area contributed by atoms with Gasteiger partial charge in [0.05, 0.1) is 29.0 Å². The van der Waals surface area contributed by atoms with Gasteiger partial charge in [0.25, 0.3) is 0 Å². The Labute approximate surface area is 183 Å². The van der Waals surface area contributed by atoms with E-state index in [2.05, 4.69) is 34.1 Å². The van der Waals surface area contributed by atoms with E-state index in [-0.39, 0.29) is 25.3 Å². The summed E-state index contributed by atoms with van der Waals surface area (Å²) in [5.74, 6) is 0.283. The lowest BCUT2D eigenvalue weighted by molar-refractivity contribution is 0.0714. The van der Waals surface area contributed by atoms with Gasteiger partial charge in [0.1, 0.15) is 11.9 Å². The third-order valence-electron chi connectivity index (χ3n) is 5.61. The summed E-state index contributed by atoms with van der Waals surface area (Å²) in [4.78, 5) is 8.74. The van der Waals surface area contributed by atoms with Gasteiger partial charge in [-0.05, 0) is 27.2 Å². The van der Waals surface area contributed by atoms with Crippen LogP contribution >= 0.6 is 0 Å². The van der Waals surface area contributed by atoms with Crippen LogP contribution in [0.25, 0.3) is 17.3 Å². The van der Waals surface area contributed by atoms with Gasteiger partial charge in [-0.15, -0.1) is 0 Å². The first-order valence-electron chi connectivity index (χ1n) is 10.4. The van der Waals surface area contributed by atoms with E-state index < -0.39 is 20.8 Å². The van der Waals surface area contributed by atoms with Crippen LogP contribution in [0.2, 0.25) is 0 Å². The zero-order valence-corrected chi connectivity index (χ0v) is 19.2. The fourth-order valence-corrected chi connectivity index (χ4v) is 5.09. The van der Waals surface area contributed by atoms with E-state index in [4.69, 9.17) is 5.73 Å². The topological polar surface area (TPSA) is 131 Å². The van der Waals surface area contributed by atoms with Crippen LogP contribution < -0.4 is 5.73 Å². The molecule has 0 saturated carbocycles. The monoisotopic (exact) mass is 443 g/mol. The number of hydrogen-bond donors (Lipinski definition) is 1. The zero-order valence-electron chi connectivity index (χ0n) is 18.4. The molecule has 0 unspecified atom stereocenters. The number of rotatable bonds is 8. The lowest BCUT2D eigenvalue weighted by Crippen LogP contribution is -2.65. The van der Waals surface area contributed by atoms with E-state index in [0.29, 0.717) is 11.3 Å². The number of anilines is 1. The van der Waals surface area contributed by atoms with Crippen molar-refractivity contribution in [2.75, 3.05) is 18.8 Å². The number of nitrogens with zero attached hydrogens (tertiary/aromatic N) is 6. The molecule has 3 heterocycles. The molecule has 2 N–H and O–H groups in total. The first-order valence-corrected chi connectivity index (χ1v) is 11.9. The van der Waals surface area contributed by atoms with Crippen LogP contribution in [-0.2, 0) is 15.6 Å². The summed E-state index contributed by atoms with van der Waals surface area (Å²) >= 11 is 0. The average Bonchev–Trinajstić information content (AvgIpc) is 3.07. The summed E-state index contributed by atoms with van der Waals surface area (Å²) in [6.45, 7) is 7.69. The maximum atomic E-state index is 12.5. The van der Waals surface area contributed by atoms with Crippen molar-refractivity contribution in [1.82, 2.24) is 24.1 Å². The highest BCUT2D eigenvalue weighted by atomic mass is 32.2. The lowest BCUT2D eigenvalue weighted by Gasteiger charge is -2.48. The second kappa shape index (κ2) is 8.77. The van der Waals surface area contributed by atoms with Gasteiger partial charge in [0.2, 0.25) is 10.0 Å². The Bertz CT molecular complexity index is 1120. The highest BCUT2D eigenvalue weighted by Crippen LogP contribution is 2.38. The number of sulfonamides is 1. The molecule has 0 amide bonds. The molecule has 0 spiro atoms. The first-order chi connectivity index (χ1) is 14.7. The first kappa shape index (κ1) is 22.9. The molecule has 0 atom stereocenters. The Morgan fingerprint density at radius 1 is 1.35 bits per heavy atom. The van der Waals surface area contributed by atoms with Crippen LogP contribution in [0.5, 0.6) is 0 Å². The highest BCUT2D eigenvalue weighted by molar-refractivity contribution is 7.89. The molecule has 1 fully saturated rings. The van der Waals surface area contributed by atoms with Crippen LogP contribution in [0.4, 0.5) is 5.82 Å². The van der Waals surface area contributed by atoms with Crippen LogP contribution in [0, 0.1) is 18.3 Å². The number of unbranched alkanes of at least 4 members (excludes halogenated alkanes) is 1. The molecule has 1 aliphatic heterocycles. The predicted molar refractivity (Wildman–Crippen MR) is 120 cm³/mol. The summed E-state index contributed by atoms with van der Waals surface area (Å²) in [5, 5.41) is 13.3. The van der Waals surface area contributed by atoms with Crippen molar-refractivity contribution in [2.24, 2.45) is 0 Å². The number of hydrogen-bond acceptors (Lipinski definition) is 7. The van der Waals surface area contributed by atoms with Crippen LogP contribution in [0.1, 0.15) is 51.3 Å². The molecule has 3 rings (SSSR count). The van der Waals surface area contributed by atoms with Crippen molar-refractivity contribution in [3.8, 4) is 17.3 Å². The van der Waals surface area contributed by atoms with Gasteiger partial charge in [-0.2, -0.15) is 14.7 Å². The predicted octanol–water partition coefficient (Wildman–Crippen LogP) is 2.71. The SMILES string of the molecule is CCC/C=C\c1c(C)ncnc1-c1cn(C2(CC#N)CN(S(=O)(=O)C(C)C)C2)nc1N. The number of aryl methyl sites for hydroxylation is 1. The second-order valence-corrected chi connectivity index (χ2v) is 10.7. The van der Waals surface area contributed by atoms with Gasteiger partial charge in [-0.3, -0.25) is 4.68 Å². The van der Waals surface area contributed by atoms with Crippen LogP contribution in [0.3, 0.4) is 0 Å². The molecule has 1 saturated heterocycles. The van der Waals surface area contributed by atoms with Gasteiger partial charge in [0.15, 0.2) is 5.82 Å². The fraction of sp³-hybridized carbons (Fsp3) is 0.524. The quantitative estimate of drug-likeness (QED) is 0.663. The van der Waals surface area contributed by atoms with Crippen molar-refractivity contribution < 1.29 is 8.42 Å². The summed E-state index contributed by atoms with van der Waals surface area (Å²) < 4.78 is 28.0. The van der Waals surface area contributed by atoms with E-state index in [1.54, 1.807) is 24.7 Å². The van der Waals surface area contributed by atoms with E-state index in [0.717, 1.165) is 24.1 Å². The summed E-state index contributed by atoms with van der Waals surface area (Å²) in [5.41, 5.74) is 8.52. The largest absolute Gasteiger partial charge is 0.382 e. The summed E-state index contributed by atoms with van der Waals surface area (Å²) in [6, 6.07) is 2.17. The van der Waals surface area contributed by atoms with Gasteiger partial charge >= 0.3 is 0 Å². The maximum absolute atomic E-state index is 12.5. The van der Waals surface area contributed by atoms with Crippen molar-refractivity contribution in [3.05, 3.63) is 29.9 Å². The Morgan fingerprint density at radius 3 is 2.68 bits per heavy atom. The Kier molecular flexibility index (Phi) is 6.48. The van der Waals surface area contributed by atoms with Crippen molar-refractivity contribution in [2.45, 2.75) is 57.7 Å². The van der Waals surface area contributed by atoms with Gasteiger partial charge in [-0.1, -0.05) is 25.5 Å². The molecule has 0 aliphatic carbocycles. The van der Waals surface area contributed by atoms with Gasteiger partial charge in [0, 0.05) is 30.5 Å². The number of nitrogen functional groups attached to an aromatic ring is 1. The molecule has 9 nitrogen and oxygen atoms in total. The molecular formula is C21H29N7O2S. The van der Waals surface area contributed by atoms with E-state index in [1.807, 2.05) is 13.0 Å². The average molecular weight is 444 g/mol. The molecule has 0 radical (unpaired) electrons. The van der Waals surface area contributed by atoms with E-state index in [9.17, 15) is 13.7 Å². The van der Waals surface area contributed by atoms with Gasteiger partial charge in [-0.25, -0.2) is 18.4 Å². The maximum Gasteiger partial charge on any atom is 0.216 e. The molecule has 2 aromatic heterocycles. The van der Waals surface area contributed by atoms with Crippen LogP contribution in [-0.4, -0.2) is 50.8 Å². The molecule has 2 aromatic rings. The van der Waals surface area contributed by atoms with Crippen molar-refractivity contribution >= 4 is 21.9 Å². The third kappa shape index (κ3) is 4.20. The molecule has 0 bridgehead atoms. The highest BCUT2D eigenvalue weighted by Gasteiger charge is 2.51. The van der Waals surface area contributed by atoms with Crippen molar-refractivity contribution in [3.63, 3.8) is 0 Å². The second-order valence-electron chi connectivity index (χ2n) is 8.21.